The van der Waals surface area contributed by atoms with Gasteiger partial charge in [0.1, 0.15) is 18.5 Å². The maximum atomic E-state index is 6.42. The molecule has 6 nitrogen and oxygen atoms in total. The van der Waals surface area contributed by atoms with Gasteiger partial charge in [0, 0.05) is 15.1 Å². The molecular formula is C33H27Cl3N6S3. The zero-order valence-electron chi connectivity index (χ0n) is 24.4. The van der Waals surface area contributed by atoms with Crippen LogP contribution >= 0.6 is 68.8 Å². The Morgan fingerprint density at radius 3 is 1.07 bits per heavy atom. The average molecular weight is 710 g/mol. The Labute approximate surface area is 288 Å². The van der Waals surface area contributed by atoms with E-state index in [0.29, 0.717) is 15.1 Å². The number of benzene rings is 3. The van der Waals surface area contributed by atoms with Gasteiger partial charge in [0.25, 0.3) is 0 Å². The van der Waals surface area contributed by atoms with E-state index in [9.17, 15) is 0 Å². The number of anilines is 3. The highest BCUT2D eigenvalue weighted by Gasteiger charge is 2.47. The number of nitrogens with zero attached hydrogens (tertiary/aromatic N) is 6. The molecule has 3 aromatic carbocycles. The molecular weight excluding hydrogens is 683 g/mol. The van der Waals surface area contributed by atoms with Crippen molar-refractivity contribution >= 4 is 115 Å². The van der Waals surface area contributed by atoms with Crippen LogP contribution in [-0.4, -0.2) is 33.4 Å². The van der Waals surface area contributed by atoms with Crippen LogP contribution in [0.5, 0.6) is 0 Å². The van der Waals surface area contributed by atoms with Gasteiger partial charge in [-0.15, -0.1) is 0 Å². The minimum Gasteiger partial charge on any atom is -0.299 e. The van der Waals surface area contributed by atoms with Gasteiger partial charge in [-0.05, 0) is 93.6 Å². The second-order valence-corrected chi connectivity index (χ2v) is 14.7. The molecule has 0 N–H and O–H groups in total. The molecule has 1 aliphatic heterocycles. The number of halogens is 3. The van der Waals surface area contributed by atoms with Crippen LogP contribution in [0.25, 0.3) is 30.6 Å². The molecule has 1 aliphatic rings. The van der Waals surface area contributed by atoms with Gasteiger partial charge in [-0.2, -0.15) is 0 Å². The lowest BCUT2D eigenvalue weighted by molar-refractivity contribution is 0.441. The van der Waals surface area contributed by atoms with Crippen LogP contribution in [0.2, 0.25) is 15.1 Å². The molecule has 1 fully saturated rings. The van der Waals surface area contributed by atoms with Crippen molar-refractivity contribution in [3.05, 3.63) is 106 Å². The van der Waals surface area contributed by atoms with Crippen LogP contribution in [0.4, 0.5) is 15.4 Å². The molecule has 0 radical (unpaired) electrons. The van der Waals surface area contributed by atoms with Crippen LogP contribution in [0.15, 0.2) is 91.1 Å². The smallest absolute Gasteiger partial charge is 0.190 e. The highest BCUT2D eigenvalue weighted by molar-refractivity contribution is 7.23. The molecule has 6 aromatic rings. The van der Waals surface area contributed by atoms with Crippen molar-refractivity contribution < 1.29 is 0 Å². The highest BCUT2D eigenvalue weighted by atomic mass is 35.5. The summed E-state index contributed by atoms with van der Waals surface area (Å²) in [5.41, 5.74) is 2.70. The number of aromatic nitrogens is 3. The van der Waals surface area contributed by atoms with E-state index in [1.165, 1.54) is 0 Å². The fourth-order valence-corrected chi connectivity index (χ4v) is 9.52. The summed E-state index contributed by atoms with van der Waals surface area (Å²) in [6, 6.07) is 17.5. The molecule has 228 valence electrons. The van der Waals surface area contributed by atoms with Gasteiger partial charge in [0.2, 0.25) is 0 Å². The van der Waals surface area contributed by atoms with Gasteiger partial charge in [-0.25, -0.2) is 15.0 Å². The molecule has 0 atom stereocenters. The molecule has 45 heavy (non-hydrogen) atoms. The standard InChI is InChI=1S/C33H27Cl3N6S3/c1-4-7-28-40(31-37-22-13-10-19(34)16-25(22)43-31)29(8-5-2)42(33-39-24-15-12-21(36)18-27(24)45-33)30(9-6-3)41(28)32-38-23-14-11-20(35)17-26(23)44-32/h4-18,28-30H,1-3H3/b7-4+,8-5+,9-6+. The molecule has 0 amide bonds. The lowest BCUT2D eigenvalue weighted by atomic mass is 10.1. The number of hydrogen-bond donors (Lipinski definition) is 0. The van der Waals surface area contributed by atoms with Crippen molar-refractivity contribution in [2.75, 3.05) is 14.7 Å². The maximum absolute atomic E-state index is 6.42. The number of allylic oxidation sites excluding steroid dienone is 3. The van der Waals surface area contributed by atoms with Crippen LogP contribution in [0, 0.1) is 0 Å². The van der Waals surface area contributed by atoms with Gasteiger partial charge in [-0.3, -0.25) is 14.7 Å². The summed E-state index contributed by atoms with van der Waals surface area (Å²) in [6.45, 7) is 6.14. The second-order valence-electron chi connectivity index (χ2n) is 10.4. The Kier molecular flexibility index (Phi) is 8.50. The first kappa shape index (κ1) is 30.5. The Morgan fingerprint density at radius 2 is 0.800 bits per heavy atom. The minimum absolute atomic E-state index is 0.246. The van der Waals surface area contributed by atoms with Gasteiger partial charge in [0.15, 0.2) is 15.4 Å². The van der Waals surface area contributed by atoms with Crippen molar-refractivity contribution in [1.82, 2.24) is 15.0 Å². The lowest BCUT2D eigenvalue weighted by Gasteiger charge is -2.55. The van der Waals surface area contributed by atoms with Crippen molar-refractivity contribution in [2.24, 2.45) is 0 Å². The Balaban J connectivity index is 1.51. The number of rotatable bonds is 6. The molecule has 0 bridgehead atoms. The molecule has 0 aliphatic carbocycles. The molecule has 0 spiro atoms. The molecule has 7 rings (SSSR count). The number of thiazole rings is 3. The largest absolute Gasteiger partial charge is 0.299 e. The topological polar surface area (TPSA) is 48.4 Å². The molecule has 0 unspecified atom stereocenters. The second kappa shape index (κ2) is 12.5. The normalized spacial score (nSPS) is 19.6. The Hall–Kier alpha value is -3.18. The van der Waals surface area contributed by atoms with E-state index in [0.717, 1.165) is 46.0 Å². The first-order chi connectivity index (χ1) is 21.9. The monoisotopic (exact) mass is 708 g/mol. The summed E-state index contributed by atoms with van der Waals surface area (Å²) in [7, 11) is 0. The summed E-state index contributed by atoms with van der Waals surface area (Å²) in [5.74, 6) is 0. The predicted molar refractivity (Wildman–Crippen MR) is 197 cm³/mol. The van der Waals surface area contributed by atoms with E-state index in [1.54, 1.807) is 34.0 Å². The fourth-order valence-electron chi connectivity index (χ4n) is 5.61. The zero-order chi connectivity index (χ0) is 31.2. The Morgan fingerprint density at radius 1 is 0.511 bits per heavy atom. The van der Waals surface area contributed by atoms with E-state index in [2.05, 4.69) is 51.2 Å². The molecule has 4 heterocycles. The van der Waals surface area contributed by atoms with Crippen molar-refractivity contribution in [3.8, 4) is 0 Å². The van der Waals surface area contributed by atoms with E-state index in [-0.39, 0.29) is 18.5 Å². The van der Waals surface area contributed by atoms with Crippen LogP contribution in [0.3, 0.4) is 0 Å². The van der Waals surface area contributed by atoms with E-state index >= 15 is 0 Å². The van der Waals surface area contributed by atoms with E-state index in [4.69, 9.17) is 49.8 Å². The molecule has 1 saturated heterocycles. The van der Waals surface area contributed by atoms with Gasteiger partial charge >= 0.3 is 0 Å². The average Bonchev–Trinajstić information content (AvgIpc) is 3.73. The first-order valence-electron chi connectivity index (χ1n) is 14.3. The lowest BCUT2D eigenvalue weighted by Crippen LogP contribution is -2.70. The fraction of sp³-hybridized carbons (Fsp3) is 0.182. The van der Waals surface area contributed by atoms with Gasteiger partial charge in [-0.1, -0.05) is 87.0 Å². The first-order valence-corrected chi connectivity index (χ1v) is 17.9. The highest BCUT2D eigenvalue weighted by Crippen LogP contribution is 2.45. The number of hydrogen-bond acceptors (Lipinski definition) is 9. The minimum atomic E-state index is -0.246. The molecule has 0 saturated carbocycles. The molecule has 3 aromatic heterocycles. The van der Waals surface area contributed by atoms with E-state index < -0.39 is 0 Å². The quantitative estimate of drug-likeness (QED) is 0.160. The third kappa shape index (κ3) is 5.60. The van der Waals surface area contributed by atoms with Crippen LogP contribution in [0.1, 0.15) is 20.8 Å². The van der Waals surface area contributed by atoms with Crippen LogP contribution in [-0.2, 0) is 0 Å². The zero-order valence-corrected chi connectivity index (χ0v) is 29.2. The third-order valence-corrected chi connectivity index (χ3v) is 11.3. The SMILES string of the molecule is C/C=C/C1N(c2nc3ccc(Cl)cc3s2)C(/C=C/C)N(c2nc3ccc(Cl)cc3s2)C(/C=C/C)N1c1nc2ccc(Cl)cc2s1. The summed E-state index contributed by atoms with van der Waals surface area (Å²) in [4.78, 5) is 22.5. The summed E-state index contributed by atoms with van der Waals surface area (Å²) < 4.78 is 3.07. The van der Waals surface area contributed by atoms with Crippen molar-refractivity contribution in [2.45, 2.75) is 39.3 Å². The predicted octanol–water partition coefficient (Wildman–Crippen LogP) is 11.0. The van der Waals surface area contributed by atoms with Gasteiger partial charge < -0.3 is 0 Å². The van der Waals surface area contributed by atoms with Crippen molar-refractivity contribution in [1.29, 1.82) is 0 Å². The van der Waals surface area contributed by atoms with Gasteiger partial charge in [0.05, 0.1) is 30.6 Å². The summed E-state index contributed by atoms with van der Waals surface area (Å²) >= 11 is 24.1. The van der Waals surface area contributed by atoms with Crippen molar-refractivity contribution in [3.63, 3.8) is 0 Å². The van der Waals surface area contributed by atoms with E-state index in [1.807, 2.05) is 75.4 Å². The number of fused-ring (bicyclic) bond motifs is 3. The Bertz CT molecular complexity index is 1870. The van der Waals surface area contributed by atoms with Crippen LogP contribution < -0.4 is 14.7 Å². The summed E-state index contributed by atoms with van der Waals surface area (Å²) in [5, 5.41) is 4.64. The maximum Gasteiger partial charge on any atom is 0.190 e. The molecule has 12 heteroatoms. The summed E-state index contributed by atoms with van der Waals surface area (Å²) in [6.07, 6.45) is 12.2. The third-order valence-electron chi connectivity index (χ3n) is 7.48.